The summed E-state index contributed by atoms with van der Waals surface area (Å²) < 4.78 is 92.1. The first-order chi connectivity index (χ1) is 22.3. The van der Waals surface area contributed by atoms with Gasteiger partial charge in [-0.25, -0.2) is 0 Å². The van der Waals surface area contributed by atoms with E-state index in [4.69, 9.17) is 9.47 Å². The van der Waals surface area contributed by atoms with Crippen LogP contribution in [0.15, 0.2) is 36.4 Å². The van der Waals surface area contributed by atoms with Crippen molar-refractivity contribution in [2.45, 2.75) is 81.6 Å². The molecule has 3 aliphatic heterocycles. The number of hydrogen-bond acceptors (Lipinski definition) is 5. The lowest BCUT2D eigenvalue weighted by molar-refractivity contribution is -0.143. The van der Waals surface area contributed by atoms with Gasteiger partial charge in [0.15, 0.2) is 11.5 Å². The van der Waals surface area contributed by atoms with Gasteiger partial charge in [0.2, 0.25) is 5.91 Å². The number of nitrogens with zero attached hydrogens (tertiary/aromatic N) is 3. The van der Waals surface area contributed by atoms with Gasteiger partial charge in [0, 0.05) is 24.5 Å². The van der Waals surface area contributed by atoms with Gasteiger partial charge in [0.25, 0.3) is 0 Å². The average molecular weight is 670 g/mol. The maximum absolute atomic E-state index is 13.6. The van der Waals surface area contributed by atoms with Crippen LogP contribution in [0.2, 0.25) is 0 Å². The van der Waals surface area contributed by atoms with Crippen LogP contribution in [0, 0.1) is 0 Å². The fraction of sp³-hybridized carbons (Fsp3) is 0.629. The van der Waals surface area contributed by atoms with Gasteiger partial charge in [-0.3, -0.25) is 4.79 Å². The lowest BCUT2D eigenvalue weighted by atomic mass is 9.71. The highest BCUT2D eigenvalue weighted by Gasteiger charge is 2.41. The van der Waals surface area contributed by atoms with Crippen LogP contribution in [-0.4, -0.2) is 86.7 Å². The normalized spacial score (nSPS) is 22.3. The summed E-state index contributed by atoms with van der Waals surface area (Å²) in [5.74, 6) is 0.628. The van der Waals surface area contributed by atoms with Crippen LogP contribution in [0.4, 0.5) is 26.3 Å². The van der Waals surface area contributed by atoms with E-state index in [0.29, 0.717) is 49.2 Å². The van der Waals surface area contributed by atoms with Crippen LogP contribution >= 0.6 is 0 Å². The molecule has 0 saturated carbocycles. The van der Waals surface area contributed by atoms with Gasteiger partial charge in [-0.1, -0.05) is 12.5 Å². The van der Waals surface area contributed by atoms with E-state index >= 15 is 0 Å². The Morgan fingerprint density at radius 3 is 2.04 bits per heavy atom. The zero-order valence-corrected chi connectivity index (χ0v) is 27.2. The Bertz CT molecular complexity index is 1340. The molecule has 1 atom stereocenters. The standard InChI is InChI=1S/C35H45F6N3O3/c1-46-30-8-7-26(23-31(30)47-2)33(12-18-42-16-9-29(10-17-42)43-13-4-3-5-14-43)11-6-15-44(24-33)32(45)21-25-19-27(34(36,37)38)22-28(20-25)35(39,40)41/h7-8,19-20,22-23,29H,3-6,9-18,21,24H2,1-2H3/t33-/m1/s1. The Morgan fingerprint density at radius 2 is 1.45 bits per heavy atom. The van der Waals surface area contributed by atoms with Crippen molar-refractivity contribution in [1.29, 1.82) is 0 Å². The highest BCUT2D eigenvalue weighted by atomic mass is 19.4. The fourth-order valence-electron chi connectivity index (χ4n) is 7.67. The number of alkyl halides is 6. The van der Waals surface area contributed by atoms with Crippen molar-refractivity contribution in [2.24, 2.45) is 0 Å². The smallest absolute Gasteiger partial charge is 0.416 e. The highest BCUT2D eigenvalue weighted by Crippen LogP contribution is 2.42. The van der Waals surface area contributed by atoms with Crippen LogP contribution in [0.25, 0.3) is 0 Å². The largest absolute Gasteiger partial charge is 0.493 e. The number of ether oxygens (including phenoxy) is 2. The predicted octanol–water partition coefficient (Wildman–Crippen LogP) is 7.18. The van der Waals surface area contributed by atoms with E-state index in [1.165, 1.54) is 32.4 Å². The molecule has 1 amide bonds. The van der Waals surface area contributed by atoms with Gasteiger partial charge in [-0.05, 0) is 119 Å². The van der Waals surface area contributed by atoms with E-state index in [-0.39, 0.29) is 11.6 Å². The van der Waals surface area contributed by atoms with Crippen molar-refractivity contribution in [3.63, 3.8) is 0 Å². The highest BCUT2D eigenvalue weighted by molar-refractivity contribution is 5.79. The number of carbonyl (C=O) groups excluding carboxylic acids is 1. The monoisotopic (exact) mass is 669 g/mol. The number of carbonyl (C=O) groups is 1. The molecular weight excluding hydrogens is 624 g/mol. The van der Waals surface area contributed by atoms with Crippen LogP contribution in [0.3, 0.4) is 0 Å². The number of amides is 1. The molecule has 6 nitrogen and oxygen atoms in total. The molecule has 47 heavy (non-hydrogen) atoms. The number of rotatable bonds is 9. The molecule has 0 N–H and O–H groups in total. The SMILES string of the molecule is COc1ccc([C@@]2(CCN3CCC(N4CCCCC4)CC3)CCCN(C(=O)Cc3cc(C(F)(F)F)cc(C(F)(F)F)c3)C2)cc1OC. The minimum absolute atomic E-state index is 0.0896. The average Bonchev–Trinajstić information content (AvgIpc) is 3.06. The van der Waals surface area contributed by atoms with Gasteiger partial charge >= 0.3 is 12.4 Å². The third kappa shape index (κ3) is 8.54. The predicted molar refractivity (Wildman–Crippen MR) is 167 cm³/mol. The Hall–Kier alpha value is -2.99. The summed E-state index contributed by atoms with van der Waals surface area (Å²) >= 11 is 0. The van der Waals surface area contributed by atoms with Gasteiger partial charge in [0.1, 0.15) is 0 Å². The van der Waals surface area contributed by atoms with Crippen molar-refractivity contribution in [2.75, 3.05) is 60.0 Å². The molecule has 2 aromatic rings. The second kappa shape index (κ2) is 14.6. The third-order valence-electron chi connectivity index (χ3n) is 10.3. The Balaban J connectivity index is 1.35. The summed E-state index contributed by atoms with van der Waals surface area (Å²) in [6.07, 6.45) is -2.28. The third-order valence-corrected chi connectivity index (χ3v) is 10.3. The van der Waals surface area contributed by atoms with Crippen LogP contribution in [0.1, 0.15) is 73.6 Å². The molecule has 0 radical (unpaired) electrons. The van der Waals surface area contributed by atoms with E-state index in [9.17, 15) is 31.1 Å². The summed E-state index contributed by atoms with van der Waals surface area (Å²) in [5, 5.41) is 0. The Kier molecular flexibility index (Phi) is 11.0. The van der Waals surface area contributed by atoms with Crippen molar-refractivity contribution >= 4 is 5.91 Å². The second-order valence-electron chi connectivity index (χ2n) is 13.3. The minimum Gasteiger partial charge on any atom is -0.493 e. The molecule has 0 aromatic heterocycles. The van der Waals surface area contributed by atoms with Crippen molar-refractivity contribution in [3.8, 4) is 11.5 Å². The lowest BCUT2D eigenvalue weighted by Gasteiger charge is -2.45. The summed E-state index contributed by atoms with van der Waals surface area (Å²) in [7, 11) is 3.11. The molecule has 0 bridgehead atoms. The number of benzene rings is 2. The van der Waals surface area contributed by atoms with Crippen molar-refractivity contribution < 1.29 is 40.6 Å². The molecule has 3 saturated heterocycles. The van der Waals surface area contributed by atoms with Gasteiger partial charge in [-0.15, -0.1) is 0 Å². The molecule has 260 valence electrons. The minimum atomic E-state index is -4.98. The molecular formula is C35H45F6N3O3. The van der Waals surface area contributed by atoms with Crippen molar-refractivity contribution in [1.82, 2.24) is 14.7 Å². The molecule has 5 rings (SSSR count). The van der Waals surface area contributed by atoms with E-state index in [2.05, 4.69) is 9.80 Å². The number of halogens is 6. The number of hydrogen-bond donors (Lipinski definition) is 0. The zero-order valence-electron chi connectivity index (χ0n) is 27.2. The van der Waals surface area contributed by atoms with Crippen LogP contribution < -0.4 is 9.47 Å². The molecule has 12 heteroatoms. The molecule has 2 aromatic carbocycles. The first-order valence-electron chi connectivity index (χ1n) is 16.6. The van der Waals surface area contributed by atoms with Gasteiger partial charge in [-0.2, -0.15) is 26.3 Å². The Labute approximate surface area is 273 Å². The summed E-state index contributed by atoms with van der Waals surface area (Å²) in [5.41, 5.74) is -2.66. The molecule has 0 unspecified atom stereocenters. The fourth-order valence-corrected chi connectivity index (χ4v) is 7.67. The second-order valence-corrected chi connectivity index (χ2v) is 13.3. The first kappa shape index (κ1) is 35.3. The topological polar surface area (TPSA) is 45.2 Å². The molecule has 3 aliphatic rings. The summed E-state index contributed by atoms with van der Waals surface area (Å²) in [6, 6.07) is 7.73. The maximum atomic E-state index is 13.6. The summed E-state index contributed by atoms with van der Waals surface area (Å²) in [6.45, 7) is 5.82. The van der Waals surface area contributed by atoms with E-state index in [1.807, 2.05) is 18.2 Å². The Morgan fingerprint density at radius 1 is 0.809 bits per heavy atom. The molecule has 3 heterocycles. The maximum Gasteiger partial charge on any atom is 0.416 e. The van der Waals surface area contributed by atoms with E-state index in [1.54, 1.807) is 19.1 Å². The van der Waals surface area contributed by atoms with Crippen LogP contribution in [0.5, 0.6) is 11.5 Å². The quantitative estimate of drug-likeness (QED) is 0.265. The van der Waals surface area contributed by atoms with Crippen LogP contribution in [-0.2, 0) is 29.0 Å². The van der Waals surface area contributed by atoms with Crippen molar-refractivity contribution in [3.05, 3.63) is 58.7 Å². The van der Waals surface area contributed by atoms with E-state index < -0.39 is 41.2 Å². The molecule has 0 spiro atoms. The van der Waals surface area contributed by atoms with Gasteiger partial charge < -0.3 is 24.2 Å². The first-order valence-corrected chi connectivity index (χ1v) is 16.6. The number of methoxy groups -OCH3 is 2. The molecule has 0 aliphatic carbocycles. The number of piperidine rings is 3. The lowest BCUT2D eigenvalue weighted by Crippen LogP contribution is -2.51. The van der Waals surface area contributed by atoms with Gasteiger partial charge in [0.05, 0.1) is 31.8 Å². The summed E-state index contributed by atoms with van der Waals surface area (Å²) in [4.78, 5) is 20.4. The number of likely N-dealkylation sites (tertiary alicyclic amines) is 3. The molecule has 3 fully saturated rings. The van der Waals surface area contributed by atoms with E-state index in [0.717, 1.165) is 50.9 Å². The zero-order chi connectivity index (χ0) is 33.8.